The van der Waals surface area contributed by atoms with E-state index in [0.717, 1.165) is 37.4 Å². The molecule has 1 saturated carbocycles. The van der Waals surface area contributed by atoms with Crippen molar-refractivity contribution in [2.45, 2.75) is 45.2 Å². The molecule has 0 aliphatic heterocycles. The van der Waals surface area contributed by atoms with E-state index in [2.05, 4.69) is 15.6 Å². The molecule has 1 aliphatic rings. The van der Waals surface area contributed by atoms with Gasteiger partial charge in [0.1, 0.15) is 0 Å². The average molecular weight is 253 g/mol. The minimum atomic E-state index is 0.197. The first-order valence-electron chi connectivity index (χ1n) is 6.15. The summed E-state index contributed by atoms with van der Waals surface area (Å²) in [6.07, 6.45) is 5.76. The summed E-state index contributed by atoms with van der Waals surface area (Å²) >= 11 is 1.72. The van der Waals surface area contributed by atoms with Gasteiger partial charge in [0.05, 0.1) is 5.01 Å². The van der Waals surface area contributed by atoms with Crippen molar-refractivity contribution >= 4 is 17.2 Å². The van der Waals surface area contributed by atoms with Crippen LogP contribution in [-0.2, 0) is 11.3 Å². The lowest BCUT2D eigenvalue weighted by atomic mass is 10.3. The molecule has 1 aliphatic carbocycles. The zero-order valence-electron chi connectivity index (χ0n) is 10.2. The van der Waals surface area contributed by atoms with Crippen LogP contribution in [0.3, 0.4) is 0 Å². The Labute approximate surface area is 106 Å². The molecule has 1 aromatic rings. The quantitative estimate of drug-likeness (QED) is 0.726. The van der Waals surface area contributed by atoms with E-state index in [1.165, 1.54) is 4.88 Å². The number of aromatic nitrogens is 1. The number of nitrogens with one attached hydrogen (secondary N) is 2. The normalized spacial score (nSPS) is 14.9. The van der Waals surface area contributed by atoms with E-state index in [4.69, 9.17) is 0 Å². The van der Waals surface area contributed by atoms with Gasteiger partial charge in [-0.25, -0.2) is 4.98 Å². The smallest absolute Gasteiger partial charge is 0.220 e. The Morgan fingerprint density at radius 2 is 2.41 bits per heavy atom. The third-order valence-electron chi connectivity index (χ3n) is 2.67. The molecule has 0 spiro atoms. The van der Waals surface area contributed by atoms with Crippen molar-refractivity contribution in [2.24, 2.45) is 0 Å². The number of hydrogen-bond donors (Lipinski definition) is 2. The van der Waals surface area contributed by atoms with Crippen LogP contribution in [0.1, 0.15) is 35.6 Å². The molecule has 0 saturated heterocycles. The van der Waals surface area contributed by atoms with Crippen molar-refractivity contribution < 1.29 is 4.79 Å². The lowest BCUT2D eigenvalue weighted by Crippen LogP contribution is -2.26. The van der Waals surface area contributed by atoms with E-state index in [1.54, 1.807) is 11.3 Å². The predicted molar refractivity (Wildman–Crippen MR) is 69.0 cm³/mol. The summed E-state index contributed by atoms with van der Waals surface area (Å²) in [7, 11) is 0. The van der Waals surface area contributed by atoms with Crippen molar-refractivity contribution in [1.29, 1.82) is 0 Å². The van der Waals surface area contributed by atoms with E-state index < -0.39 is 0 Å². The van der Waals surface area contributed by atoms with Crippen LogP contribution in [0.4, 0.5) is 0 Å². The topological polar surface area (TPSA) is 54.0 Å². The molecule has 0 aromatic carbocycles. The molecule has 0 unspecified atom stereocenters. The number of thiazole rings is 1. The fraction of sp³-hybridized carbons (Fsp3) is 0.667. The molecule has 5 heteroatoms. The third kappa shape index (κ3) is 4.83. The van der Waals surface area contributed by atoms with E-state index in [1.807, 2.05) is 13.1 Å². The maximum Gasteiger partial charge on any atom is 0.220 e. The van der Waals surface area contributed by atoms with Crippen LogP contribution in [0.25, 0.3) is 0 Å². The predicted octanol–water partition coefficient (Wildman–Crippen LogP) is 1.60. The summed E-state index contributed by atoms with van der Waals surface area (Å²) in [6.45, 7) is 3.75. The Kier molecular flexibility index (Phi) is 4.50. The summed E-state index contributed by atoms with van der Waals surface area (Å²) in [5, 5.41) is 7.42. The van der Waals surface area contributed by atoms with Gasteiger partial charge in [-0.2, -0.15) is 0 Å². The second-order valence-electron chi connectivity index (χ2n) is 4.47. The van der Waals surface area contributed by atoms with E-state index >= 15 is 0 Å². The van der Waals surface area contributed by atoms with Crippen LogP contribution >= 0.6 is 11.3 Å². The van der Waals surface area contributed by atoms with Gasteiger partial charge in [-0.1, -0.05) is 0 Å². The molecule has 17 heavy (non-hydrogen) atoms. The fourth-order valence-electron chi connectivity index (χ4n) is 1.60. The zero-order chi connectivity index (χ0) is 12.1. The molecule has 1 heterocycles. The Morgan fingerprint density at radius 3 is 3.06 bits per heavy atom. The highest BCUT2D eigenvalue weighted by atomic mass is 32.1. The summed E-state index contributed by atoms with van der Waals surface area (Å²) < 4.78 is 0. The van der Waals surface area contributed by atoms with Gasteiger partial charge >= 0.3 is 0 Å². The van der Waals surface area contributed by atoms with Crippen molar-refractivity contribution in [2.75, 3.05) is 6.54 Å². The maximum absolute atomic E-state index is 11.4. The molecule has 0 radical (unpaired) electrons. The van der Waals surface area contributed by atoms with E-state index in [0.29, 0.717) is 12.5 Å². The number of hydrogen-bond acceptors (Lipinski definition) is 4. The van der Waals surface area contributed by atoms with Gasteiger partial charge in [-0.3, -0.25) is 4.79 Å². The van der Waals surface area contributed by atoms with Crippen LogP contribution in [0.15, 0.2) is 6.20 Å². The number of aryl methyl sites for hydroxylation is 1. The monoisotopic (exact) mass is 253 g/mol. The molecule has 0 atom stereocenters. The molecule has 2 N–H and O–H groups in total. The van der Waals surface area contributed by atoms with Crippen LogP contribution in [0.5, 0.6) is 0 Å². The Morgan fingerprint density at radius 1 is 1.59 bits per heavy atom. The highest BCUT2D eigenvalue weighted by molar-refractivity contribution is 7.11. The Hall–Kier alpha value is -0.940. The van der Waals surface area contributed by atoms with Gasteiger partial charge < -0.3 is 10.6 Å². The van der Waals surface area contributed by atoms with Gasteiger partial charge in [0.25, 0.3) is 0 Å². The van der Waals surface area contributed by atoms with E-state index in [-0.39, 0.29) is 5.91 Å². The Bertz CT molecular complexity index is 374. The molecular formula is C12H19N3OS. The SMILES string of the molecule is Cc1ncc(CNCCCC(=O)NC2CC2)s1. The molecule has 1 amide bonds. The molecule has 1 fully saturated rings. The highest BCUT2D eigenvalue weighted by Gasteiger charge is 2.22. The first-order chi connectivity index (χ1) is 8.24. The first-order valence-corrected chi connectivity index (χ1v) is 6.97. The van der Waals surface area contributed by atoms with Crippen molar-refractivity contribution in [3.8, 4) is 0 Å². The lowest BCUT2D eigenvalue weighted by molar-refractivity contribution is -0.121. The summed E-state index contributed by atoms with van der Waals surface area (Å²) in [4.78, 5) is 16.8. The largest absolute Gasteiger partial charge is 0.353 e. The molecule has 1 aromatic heterocycles. The van der Waals surface area contributed by atoms with Gasteiger partial charge in [0.15, 0.2) is 0 Å². The van der Waals surface area contributed by atoms with Crippen molar-refractivity contribution in [3.05, 3.63) is 16.1 Å². The second-order valence-corrected chi connectivity index (χ2v) is 5.79. The van der Waals surface area contributed by atoms with E-state index in [9.17, 15) is 4.79 Å². The molecule has 2 rings (SSSR count). The molecule has 0 bridgehead atoms. The fourth-order valence-corrected chi connectivity index (χ4v) is 2.36. The number of amides is 1. The number of rotatable bonds is 7. The van der Waals surface area contributed by atoms with Gasteiger partial charge in [-0.15, -0.1) is 11.3 Å². The summed E-state index contributed by atoms with van der Waals surface area (Å²) in [5.41, 5.74) is 0. The van der Waals surface area contributed by atoms with Crippen molar-refractivity contribution in [3.63, 3.8) is 0 Å². The minimum absolute atomic E-state index is 0.197. The molecular weight excluding hydrogens is 234 g/mol. The maximum atomic E-state index is 11.4. The molecule has 94 valence electrons. The highest BCUT2D eigenvalue weighted by Crippen LogP contribution is 2.18. The van der Waals surface area contributed by atoms with Gasteiger partial charge in [0.2, 0.25) is 5.91 Å². The summed E-state index contributed by atoms with van der Waals surface area (Å²) in [5.74, 6) is 0.197. The van der Waals surface area contributed by atoms with Gasteiger partial charge in [0, 0.05) is 30.1 Å². The van der Waals surface area contributed by atoms with Gasteiger partial charge in [-0.05, 0) is 32.7 Å². The standard InChI is InChI=1S/C12H19N3OS/c1-9-14-8-11(17-9)7-13-6-2-3-12(16)15-10-4-5-10/h8,10,13H,2-7H2,1H3,(H,15,16). The van der Waals surface area contributed by atoms with Crippen LogP contribution in [0.2, 0.25) is 0 Å². The minimum Gasteiger partial charge on any atom is -0.353 e. The summed E-state index contributed by atoms with van der Waals surface area (Å²) in [6, 6.07) is 0.482. The first kappa shape index (κ1) is 12.5. The number of nitrogens with zero attached hydrogens (tertiary/aromatic N) is 1. The third-order valence-corrected chi connectivity index (χ3v) is 3.58. The van der Waals surface area contributed by atoms with Crippen LogP contribution in [0, 0.1) is 6.92 Å². The average Bonchev–Trinajstić information content (AvgIpc) is 3.00. The number of carbonyl (C=O) groups excluding carboxylic acids is 1. The van der Waals surface area contributed by atoms with Crippen LogP contribution < -0.4 is 10.6 Å². The zero-order valence-corrected chi connectivity index (χ0v) is 11.0. The molecule has 4 nitrogen and oxygen atoms in total. The van der Waals surface area contributed by atoms with Crippen molar-refractivity contribution in [1.82, 2.24) is 15.6 Å². The van der Waals surface area contributed by atoms with Crippen LogP contribution in [-0.4, -0.2) is 23.5 Å². The number of carbonyl (C=O) groups is 1. The lowest BCUT2D eigenvalue weighted by Gasteiger charge is -2.04. The second kappa shape index (κ2) is 6.12. The Balaban J connectivity index is 1.49.